The fraction of sp³-hybridized carbons (Fsp3) is 0.143. The van der Waals surface area contributed by atoms with Crippen molar-refractivity contribution in [1.29, 1.82) is 0 Å². The lowest BCUT2D eigenvalue weighted by Crippen LogP contribution is -2.20. The number of carbonyl (C=O) groups excluding carboxylic acids is 1. The van der Waals surface area contributed by atoms with Crippen LogP contribution in [0.25, 0.3) is 0 Å². The third kappa shape index (κ3) is 3.30. The third-order valence-electron chi connectivity index (χ3n) is 2.67. The zero-order valence-corrected chi connectivity index (χ0v) is 10.9. The highest BCUT2D eigenvalue weighted by atomic mass is 19.1. The topological polar surface area (TPSA) is 74.2 Å². The Balaban J connectivity index is 2.06. The minimum absolute atomic E-state index is 0.00845. The number of rotatable bonds is 3. The molecule has 6 heteroatoms. The number of nitrogens with one attached hydrogen (secondary N) is 2. The van der Waals surface area contributed by atoms with E-state index in [2.05, 4.69) is 15.6 Å². The average Bonchev–Trinajstić information content (AvgIpc) is 2.44. The van der Waals surface area contributed by atoms with E-state index < -0.39 is 18.5 Å². The summed E-state index contributed by atoms with van der Waals surface area (Å²) in [6, 6.07) is 7.29. The van der Waals surface area contributed by atoms with E-state index in [0.717, 1.165) is 5.69 Å². The summed E-state index contributed by atoms with van der Waals surface area (Å²) in [4.78, 5) is 15.8. The van der Waals surface area contributed by atoms with Crippen molar-refractivity contribution < 1.29 is 14.3 Å². The van der Waals surface area contributed by atoms with Crippen LogP contribution in [-0.4, -0.2) is 16.1 Å². The molecule has 2 aromatic rings. The predicted octanol–water partition coefficient (Wildman–Crippen LogP) is 2.67. The third-order valence-corrected chi connectivity index (χ3v) is 2.67. The second kappa shape index (κ2) is 6.12. The summed E-state index contributed by atoms with van der Waals surface area (Å²) in [5.41, 5.74) is 1.47. The Labute approximate surface area is 115 Å². The molecule has 0 fully saturated rings. The zero-order chi connectivity index (χ0) is 14.5. The predicted molar refractivity (Wildman–Crippen MR) is 73.9 cm³/mol. The van der Waals surface area contributed by atoms with Crippen LogP contribution in [0.5, 0.6) is 0 Å². The highest BCUT2D eigenvalue weighted by Crippen LogP contribution is 2.18. The normalized spacial score (nSPS) is 10.2. The minimum atomic E-state index is -0.646. The van der Waals surface area contributed by atoms with Gasteiger partial charge in [-0.15, -0.1) is 0 Å². The summed E-state index contributed by atoms with van der Waals surface area (Å²) in [7, 11) is 0. The van der Waals surface area contributed by atoms with Crippen molar-refractivity contribution in [3.8, 4) is 0 Å². The molecule has 0 spiro atoms. The number of aliphatic hydroxyl groups excluding tert-OH is 1. The van der Waals surface area contributed by atoms with E-state index >= 15 is 0 Å². The first-order valence-corrected chi connectivity index (χ1v) is 5.99. The van der Waals surface area contributed by atoms with Gasteiger partial charge < -0.3 is 15.7 Å². The summed E-state index contributed by atoms with van der Waals surface area (Å²) >= 11 is 0. The number of aliphatic hydroxyl groups is 1. The molecule has 0 aliphatic carbocycles. The monoisotopic (exact) mass is 275 g/mol. The van der Waals surface area contributed by atoms with Crippen LogP contribution in [0.4, 0.5) is 20.6 Å². The van der Waals surface area contributed by atoms with Gasteiger partial charge in [0.2, 0.25) is 0 Å². The number of anilines is 2. The number of aromatic nitrogens is 1. The fourth-order valence-electron chi connectivity index (χ4n) is 1.62. The Hall–Kier alpha value is -2.47. The number of nitrogens with zero attached hydrogens (tertiary/aromatic N) is 1. The quantitative estimate of drug-likeness (QED) is 0.806. The number of benzene rings is 1. The molecule has 1 aromatic carbocycles. The smallest absolute Gasteiger partial charge is 0.323 e. The maximum absolute atomic E-state index is 13.8. The number of aryl methyl sites for hydroxylation is 1. The highest BCUT2D eigenvalue weighted by molar-refractivity contribution is 5.99. The molecule has 2 rings (SSSR count). The molecule has 3 N–H and O–H groups in total. The number of amides is 2. The summed E-state index contributed by atoms with van der Waals surface area (Å²) < 4.78 is 13.8. The standard InChI is InChI=1S/C14H14FN3O2/c1-9-5-6-11(7-16-9)17-14(20)18-12-4-2-3-10(8-19)13(12)15/h2-7,19H,8H2,1H3,(H2,17,18,20). The van der Waals surface area contributed by atoms with Crippen molar-refractivity contribution in [3.05, 3.63) is 53.6 Å². The summed E-state index contributed by atoms with van der Waals surface area (Å²) in [5, 5.41) is 13.9. The molecular weight excluding hydrogens is 261 g/mol. The Bertz CT molecular complexity index is 614. The molecule has 5 nitrogen and oxygen atoms in total. The van der Waals surface area contributed by atoms with E-state index in [9.17, 15) is 9.18 Å². The van der Waals surface area contributed by atoms with Gasteiger partial charge in [0.05, 0.1) is 24.2 Å². The zero-order valence-electron chi connectivity index (χ0n) is 10.9. The van der Waals surface area contributed by atoms with E-state index in [0.29, 0.717) is 5.69 Å². The second-order valence-electron chi connectivity index (χ2n) is 4.20. The molecule has 0 atom stereocenters. The van der Waals surface area contributed by atoms with Crippen molar-refractivity contribution in [2.45, 2.75) is 13.5 Å². The maximum atomic E-state index is 13.8. The average molecular weight is 275 g/mol. The first-order chi connectivity index (χ1) is 9.60. The molecule has 0 aliphatic heterocycles. The molecular formula is C14H14FN3O2. The molecule has 1 heterocycles. The molecule has 0 aliphatic rings. The number of hydrogen-bond acceptors (Lipinski definition) is 3. The van der Waals surface area contributed by atoms with Crippen LogP contribution in [0.1, 0.15) is 11.3 Å². The molecule has 2 amide bonds. The van der Waals surface area contributed by atoms with Crippen molar-refractivity contribution in [2.75, 3.05) is 10.6 Å². The van der Waals surface area contributed by atoms with Crippen molar-refractivity contribution in [2.24, 2.45) is 0 Å². The number of hydrogen-bond donors (Lipinski definition) is 3. The lowest BCUT2D eigenvalue weighted by molar-refractivity contribution is 0.261. The Morgan fingerprint density at radius 3 is 2.75 bits per heavy atom. The van der Waals surface area contributed by atoms with Crippen LogP contribution >= 0.6 is 0 Å². The van der Waals surface area contributed by atoms with E-state index in [1.54, 1.807) is 18.2 Å². The first-order valence-electron chi connectivity index (χ1n) is 5.99. The van der Waals surface area contributed by atoms with Crippen LogP contribution in [0.15, 0.2) is 36.5 Å². The van der Waals surface area contributed by atoms with Crippen LogP contribution < -0.4 is 10.6 Å². The summed E-state index contributed by atoms with van der Waals surface area (Å²) in [6.45, 7) is 1.41. The maximum Gasteiger partial charge on any atom is 0.323 e. The van der Waals surface area contributed by atoms with Gasteiger partial charge in [-0.1, -0.05) is 12.1 Å². The number of halogens is 1. The lowest BCUT2D eigenvalue weighted by Gasteiger charge is -2.10. The van der Waals surface area contributed by atoms with E-state index in [1.165, 1.54) is 18.3 Å². The Kier molecular flexibility index (Phi) is 4.27. The molecule has 0 radical (unpaired) electrons. The van der Waals surface area contributed by atoms with E-state index in [-0.39, 0.29) is 11.3 Å². The van der Waals surface area contributed by atoms with Crippen molar-refractivity contribution in [1.82, 2.24) is 4.98 Å². The fourth-order valence-corrected chi connectivity index (χ4v) is 1.62. The number of carbonyl (C=O) groups is 1. The molecule has 0 saturated carbocycles. The molecule has 0 saturated heterocycles. The van der Waals surface area contributed by atoms with Gasteiger partial charge in [0.15, 0.2) is 5.82 Å². The molecule has 104 valence electrons. The molecule has 0 unspecified atom stereocenters. The Morgan fingerprint density at radius 1 is 1.30 bits per heavy atom. The van der Waals surface area contributed by atoms with Gasteiger partial charge in [-0.05, 0) is 25.1 Å². The SMILES string of the molecule is Cc1ccc(NC(=O)Nc2cccc(CO)c2F)cn1. The first kappa shape index (κ1) is 14.0. The number of urea groups is 1. The summed E-state index contributed by atoms with van der Waals surface area (Å²) in [6.07, 6.45) is 1.51. The van der Waals surface area contributed by atoms with Crippen LogP contribution in [0.3, 0.4) is 0 Å². The van der Waals surface area contributed by atoms with E-state index in [1.807, 2.05) is 6.92 Å². The van der Waals surface area contributed by atoms with Gasteiger partial charge >= 0.3 is 6.03 Å². The molecule has 1 aromatic heterocycles. The van der Waals surface area contributed by atoms with Gasteiger partial charge in [0.25, 0.3) is 0 Å². The van der Waals surface area contributed by atoms with Gasteiger partial charge in [-0.3, -0.25) is 4.98 Å². The second-order valence-corrected chi connectivity index (χ2v) is 4.20. The molecule has 0 bridgehead atoms. The van der Waals surface area contributed by atoms with Gasteiger partial charge in [0.1, 0.15) is 0 Å². The largest absolute Gasteiger partial charge is 0.392 e. The van der Waals surface area contributed by atoms with Crippen LogP contribution in [0, 0.1) is 12.7 Å². The van der Waals surface area contributed by atoms with Gasteiger partial charge in [0, 0.05) is 11.3 Å². The summed E-state index contributed by atoms with van der Waals surface area (Å²) in [5.74, 6) is -0.646. The van der Waals surface area contributed by atoms with Crippen molar-refractivity contribution in [3.63, 3.8) is 0 Å². The van der Waals surface area contributed by atoms with Crippen LogP contribution in [0.2, 0.25) is 0 Å². The lowest BCUT2D eigenvalue weighted by atomic mass is 10.2. The van der Waals surface area contributed by atoms with Gasteiger partial charge in [-0.2, -0.15) is 0 Å². The Morgan fingerprint density at radius 2 is 2.10 bits per heavy atom. The number of pyridine rings is 1. The van der Waals surface area contributed by atoms with Crippen molar-refractivity contribution >= 4 is 17.4 Å². The van der Waals surface area contributed by atoms with Gasteiger partial charge in [-0.25, -0.2) is 9.18 Å². The molecule has 20 heavy (non-hydrogen) atoms. The van der Waals surface area contributed by atoms with E-state index in [4.69, 9.17) is 5.11 Å². The minimum Gasteiger partial charge on any atom is -0.392 e. The highest BCUT2D eigenvalue weighted by Gasteiger charge is 2.10. The van der Waals surface area contributed by atoms with Crippen LogP contribution in [-0.2, 0) is 6.61 Å².